The molecule has 9 rings (SSSR count). The summed E-state index contributed by atoms with van der Waals surface area (Å²) in [7, 11) is 0.527. The molecule has 1 aromatic heterocycles. The lowest BCUT2D eigenvalue weighted by Gasteiger charge is -2.43. The summed E-state index contributed by atoms with van der Waals surface area (Å²) in [5.41, 5.74) is 7.77. The average molecular weight is 750 g/mol. The molecule has 0 spiro atoms. The van der Waals surface area contributed by atoms with Crippen LogP contribution in [0.1, 0.15) is 92.9 Å². The second-order valence-corrected chi connectivity index (χ2v) is 18.3. The molecule has 54 heavy (non-hydrogen) atoms. The number of nitrogens with one attached hydrogen (secondary N) is 2. The highest BCUT2D eigenvalue weighted by atomic mass is 32.2. The number of ether oxygens (including phenoxy) is 1. The number of allylic oxidation sites excluding steroid dienone is 4. The number of carbonyl (C=O) groups excluding carboxylic acids is 2. The van der Waals surface area contributed by atoms with Crippen LogP contribution in [0.25, 0.3) is 10.9 Å². The van der Waals surface area contributed by atoms with Gasteiger partial charge in [0.25, 0.3) is 5.91 Å². The van der Waals surface area contributed by atoms with Gasteiger partial charge < -0.3 is 19.5 Å². The normalized spacial score (nSPS) is 26.4. The molecule has 10 nitrogen and oxygen atoms in total. The van der Waals surface area contributed by atoms with Crippen molar-refractivity contribution in [1.82, 2.24) is 23.8 Å². The topological polar surface area (TPSA) is 113 Å². The molecule has 2 amide bonds. The number of benzene rings is 2. The van der Waals surface area contributed by atoms with E-state index in [1.165, 1.54) is 44.5 Å². The van der Waals surface area contributed by atoms with Crippen LogP contribution < -0.4 is 14.8 Å². The maximum atomic E-state index is 15.2. The van der Waals surface area contributed by atoms with Gasteiger partial charge in [-0.25, -0.2) is 4.72 Å². The van der Waals surface area contributed by atoms with Gasteiger partial charge >= 0.3 is 10.2 Å². The van der Waals surface area contributed by atoms with E-state index in [2.05, 4.69) is 74.1 Å². The highest BCUT2D eigenvalue weighted by Gasteiger charge is 2.51. The molecular formula is C43H51N5O5S. The Kier molecular flexibility index (Phi) is 9.10. The fourth-order valence-electron chi connectivity index (χ4n) is 10.5. The molecule has 3 fully saturated rings. The van der Waals surface area contributed by atoms with Gasteiger partial charge in [0.2, 0.25) is 5.91 Å². The molecule has 284 valence electrons. The van der Waals surface area contributed by atoms with Crippen molar-refractivity contribution in [2.75, 3.05) is 21.2 Å². The molecule has 3 aliphatic heterocycles. The lowest BCUT2D eigenvalue weighted by atomic mass is 9.75. The lowest BCUT2D eigenvalue weighted by molar-refractivity contribution is -0.141. The number of amides is 2. The van der Waals surface area contributed by atoms with E-state index in [0.29, 0.717) is 30.5 Å². The zero-order valence-electron chi connectivity index (χ0n) is 31.5. The first-order valence-corrected chi connectivity index (χ1v) is 21.3. The monoisotopic (exact) mass is 749 g/mol. The van der Waals surface area contributed by atoms with Crippen LogP contribution in [-0.2, 0) is 32.9 Å². The van der Waals surface area contributed by atoms with Crippen molar-refractivity contribution in [3.8, 4) is 5.75 Å². The Bertz CT molecular complexity index is 2200. The maximum absolute atomic E-state index is 15.2. The predicted molar refractivity (Wildman–Crippen MR) is 209 cm³/mol. The van der Waals surface area contributed by atoms with Crippen LogP contribution in [0.15, 0.2) is 83.0 Å². The minimum absolute atomic E-state index is 0.188. The van der Waals surface area contributed by atoms with Crippen molar-refractivity contribution < 1.29 is 22.7 Å². The van der Waals surface area contributed by atoms with E-state index in [4.69, 9.17) is 4.74 Å². The van der Waals surface area contributed by atoms with E-state index in [1.807, 2.05) is 6.07 Å². The van der Waals surface area contributed by atoms with Gasteiger partial charge in [-0.15, -0.1) is 0 Å². The highest BCUT2D eigenvalue weighted by molar-refractivity contribution is 7.87. The second kappa shape index (κ2) is 13.8. The Morgan fingerprint density at radius 1 is 0.963 bits per heavy atom. The third-order valence-electron chi connectivity index (χ3n) is 13.2. The Labute approximate surface area is 318 Å². The van der Waals surface area contributed by atoms with Crippen LogP contribution in [-0.4, -0.2) is 73.3 Å². The zero-order valence-corrected chi connectivity index (χ0v) is 32.3. The molecule has 2 aromatic carbocycles. The smallest absolute Gasteiger partial charge is 0.303 e. The van der Waals surface area contributed by atoms with E-state index < -0.39 is 16.1 Å². The lowest BCUT2D eigenvalue weighted by Crippen LogP contribution is -2.53. The van der Waals surface area contributed by atoms with Gasteiger partial charge in [-0.2, -0.15) is 12.7 Å². The van der Waals surface area contributed by atoms with Crippen LogP contribution in [0.4, 0.5) is 0 Å². The SMILES string of the molecule is COc1ccc(C2CCCCC2)c2c1cc1n2CC2=C(C(=O)NS(=O)(=O)N(C)C)C2=C2C=CC[C@@H](C(=O)N3C4CCC3CC(NCc3ccccc3)C4)C21. The summed E-state index contributed by atoms with van der Waals surface area (Å²) in [4.78, 5) is 31.2. The average Bonchev–Trinajstić information content (AvgIpc) is 3.72. The highest BCUT2D eigenvalue weighted by Crippen LogP contribution is 2.56. The van der Waals surface area contributed by atoms with Crippen molar-refractivity contribution in [2.45, 2.75) is 107 Å². The fourth-order valence-corrected chi connectivity index (χ4v) is 11.0. The largest absolute Gasteiger partial charge is 0.496 e. The second-order valence-electron chi connectivity index (χ2n) is 16.4. The number of piperidine rings is 1. The summed E-state index contributed by atoms with van der Waals surface area (Å²) in [6, 6.07) is 17.8. The maximum Gasteiger partial charge on any atom is 0.303 e. The van der Waals surface area contributed by atoms with Gasteiger partial charge in [0.1, 0.15) is 5.75 Å². The van der Waals surface area contributed by atoms with Crippen molar-refractivity contribution in [3.05, 3.63) is 99.8 Å². The van der Waals surface area contributed by atoms with Crippen LogP contribution in [0, 0.1) is 5.92 Å². The summed E-state index contributed by atoms with van der Waals surface area (Å²) in [6.45, 7) is 1.26. The van der Waals surface area contributed by atoms with Gasteiger partial charge in [0, 0.05) is 62.3 Å². The molecule has 4 atom stereocenters. The molecule has 2 bridgehead atoms. The zero-order chi connectivity index (χ0) is 37.3. The summed E-state index contributed by atoms with van der Waals surface area (Å²) < 4.78 is 37.3. The summed E-state index contributed by atoms with van der Waals surface area (Å²) >= 11 is 0. The quantitative estimate of drug-likeness (QED) is 0.269. The van der Waals surface area contributed by atoms with Crippen LogP contribution in [0.2, 0.25) is 0 Å². The van der Waals surface area contributed by atoms with Crippen molar-refractivity contribution >= 4 is 32.9 Å². The van der Waals surface area contributed by atoms with Gasteiger partial charge in [-0.1, -0.05) is 67.8 Å². The fraction of sp³-hybridized carbons (Fsp3) is 0.488. The van der Waals surface area contributed by atoms with E-state index in [9.17, 15) is 13.2 Å². The molecule has 11 heteroatoms. The first-order chi connectivity index (χ1) is 26.1. The molecule has 2 saturated heterocycles. The molecule has 3 aromatic rings. The first-order valence-electron chi connectivity index (χ1n) is 19.8. The number of hydrogen-bond donors (Lipinski definition) is 2. The number of carbonyl (C=O) groups is 2. The van der Waals surface area contributed by atoms with Gasteiger partial charge in [-0.05, 0) is 90.8 Å². The third-order valence-corrected chi connectivity index (χ3v) is 14.6. The van der Waals surface area contributed by atoms with Crippen LogP contribution in [0.3, 0.4) is 0 Å². The van der Waals surface area contributed by atoms with Crippen molar-refractivity contribution in [1.29, 1.82) is 0 Å². The van der Waals surface area contributed by atoms with Crippen molar-refractivity contribution in [2.24, 2.45) is 5.92 Å². The van der Waals surface area contributed by atoms with Gasteiger partial charge in [-0.3, -0.25) is 9.59 Å². The summed E-state index contributed by atoms with van der Waals surface area (Å²) in [6.07, 6.45) is 14.6. The number of hydrogen-bond acceptors (Lipinski definition) is 6. The molecule has 2 N–H and O–H groups in total. The molecule has 3 unspecified atom stereocenters. The van der Waals surface area contributed by atoms with E-state index >= 15 is 4.79 Å². The first kappa shape index (κ1) is 35.5. The Morgan fingerprint density at radius 2 is 1.70 bits per heavy atom. The number of aromatic nitrogens is 1. The Morgan fingerprint density at radius 3 is 2.41 bits per heavy atom. The number of rotatable bonds is 9. The standard InChI is InChI=1S/C43H51N5O5S/c1-46(2)54(51,52)45-42(49)40-35-25-47-36(23-34-37(53-3)20-19-31(41(34)47)27-13-8-5-9-14-27)38-32(39(35)40)15-10-16-33(38)43(50)48-29-17-18-30(48)22-28(21-29)44-24-26-11-6-4-7-12-26/h4,6-7,10-12,15,19-20,23,27-30,33,38,44H,5,8-9,13-14,16-18,21-22,24-25H2,1-3H3,(H,45,49)/t28?,29?,30?,33-,38?/m1/s1. The van der Waals surface area contributed by atoms with Gasteiger partial charge in [0.15, 0.2) is 0 Å². The molecule has 3 aliphatic carbocycles. The Balaban J connectivity index is 1.11. The van der Waals surface area contributed by atoms with Crippen LogP contribution in [0.5, 0.6) is 5.75 Å². The van der Waals surface area contributed by atoms with E-state index in [1.54, 1.807) is 7.11 Å². The minimum Gasteiger partial charge on any atom is -0.496 e. The molecule has 1 saturated carbocycles. The minimum atomic E-state index is -4.00. The number of methoxy groups -OCH3 is 1. The number of nitrogens with zero attached hydrogens (tertiary/aromatic N) is 3. The molecule has 4 heterocycles. The van der Waals surface area contributed by atoms with Crippen LogP contribution >= 0.6 is 0 Å². The summed E-state index contributed by atoms with van der Waals surface area (Å²) in [5, 5.41) is 4.83. The number of fused-ring (bicyclic) bond motifs is 8. The van der Waals surface area contributed by atoms with E-state index in [-0.39, 0.29) is 29.8 Å². The van der Waals surface area contributed by atoms with E-state index in [0.717, 1.165) is 88.4 Å². The molecular weight excluding hydrogens is 699 g/mol. The van der Waals surface area contributed by atoms with Gasteiger partial charge in [0.05, 0.1) is 24.1 Å². The third kappa shape index (κ3) is 6.03. The summed E-state index contributed by atoms with van der Waals surface area (Å²) in [5.74, 6) is 0.145. The molecule has 6 aliphatic rings. The van der Waals surface area contributed by atoms with Crippen molar-refractivity contribution in [3.63, 3.8) is 0 Å². The molecule has 0 radical (unpaired) electrons. The predicted octanol–water partition coefficient (Wildman–Crippen LogP) is 6.21. The Hall–Kier alpha value is -4.19.